The molecule has 0 radical (unpaired) electrons. The van der Waals surface area contributed by atoms with Gasteiger partial charge in [0, 0.05) is 35.9 Å². The predicted octanol–water partition coefficient (Wildman–Crippen LogP) is 5.89. The molecule has 1 fully saturated rings. The minimum absolute atomic E-state index is 0.00390. The molecule has 1 saturated heterocycles. The van der Waals surface area contributed by atoms with E-state index in [4.69, 9.17) is 0 Å². The molecule has 2 heterocycles. The third-order valence-electron chi connectivity index (χ3n) is 6.41. The van der Waals surface area contributed by atoms with Gasteiger partial charge in [0.25, 0.3) is 0 Å². The number of pyridine rings is 1. The second-order valence-electron chi connectivity index (χ2n) is 8.64. The minimum atomic E-state index is -0.270. The molecule has 1 aliphatic rings. The molecule has 5 rings (SSSR count). The van der Waals surface area contributed by atoms with E-state index >= 15 is 0 Å². The Morgan fingerprint density at radius 1 is 0.970 bits per heavy atom. The molecular weight excluding hydrogens is 413 g/mol. The molecular formula is C28H26FN3O. The van der Waals surface area contributed by atoms with E-state index < -0.39 is 0 Å². The second-order valence-corrected chi connectivity index (χ2v) is 8.64. The fourth-order valence-electron chi connectivity index (χ4n) is 4.61. The van der Waals surface area contributed by atoms with Crippen molar-refractivity contribution in [3.05, 3.63) is 96.6 Å². The maximum Gasteiger partial charge on any atom is 0.227 e. The maximum absolute atomic E-state index is 13.6. The lowest BCUT2D eigenvalue weighted by Crippen LogP contribution is -2.37. The van der Waals surface area contributed by atoms with Crippen LogP contribution in [0, 0.1) is 11.7 Å². The van der Waals surface area contributed by atoms with Crippen molar-refractivity contribution < 1.29 is 9.18 Å². The van der Waals surface area contributed by atoms with Gasteiger partial charge < -0.3 is 5.32 Å². The van der Waals surface area contributed by atoms with Crippen molar-refractivity contribution >= 4 is 22.4 Å². The van der Waals surface area contributed by atoms with E-state index in [1.807, 2.05) is 42.7 Å². The van der Waals surface area contributed by atoms with Crippen LogP contribution < -0.4 is 5.32 Å². The van der Waals surface area contributed by atoms with Gasteiger partial charge in [0.15, 0.2) is 0 Å². The van der Waals surface area contributed by atoms with Crippen molar-refractivity contribution in [1.82, 2.24) is 9.88 Å². The SMILES string of the molecule is O=C(Nc1cccc(-c2cccc(F)c2)c1)C1CCN(Cc2cccc3cnccc23)CC1. The Kier molecular flexibility index (Phi) is 6.13. The number of rotatable bonds is 5. The van der Waals surface area contributed by atoms with Gasteiger partial charge in [0.1, 0.15) is 5.82 Å². The molecule has 1 amide bonds. The molecule has 1 N–H and O–H groups in total. The summed E-state index contributed by atoms with van der Waals surface area (Å²) in [5, 5.41) is 5.47. The smallest absolute Gasteiger partial charge is 0.227 e. The van der Waals surface area contributed by atoms with E-state index in [2.05, 4.69) is 39.5 Å². The number of aromatic nitrogens is 1. The summed E-state index contributed by atoms with van der Waals surface area (Å²) in [6, 6.07) is 22.5. The zero-order valence-electron chi connectivity index (χ0n) is 18.4. The highest BCUT2D eigenvalue weighted by molar-refractivity contribution is 5.93. The molecule has 0 aliphatic carbocycles. The molecule has 5 heteroatoms. The zero-order valence-corrected chi connectivity index (χ0v) is 18.4. The molecule has 0 bridgehead atoms. The molecule has 0 atom stereocenters. The first-order chi connectivity index (χ1) is 16.2. The number of nitrogens with one attached hydrogen (secondary N) is 1. The number of halogens is 1. The van der Waals surface area contributed by atoms with Crippen LogP contribution in [0.1, 0.15) is 18.4 Å². The van der Waals surface area contributed by atoms with Crippen molar-refractivity contribution in [3.8, 4) is 11.1 Å². The number of benzene rings is 3. The van der Waals surface area contributed by atoms with Gasteiger partial charge in [-0.3, -0.25) is 14.7 Å². The number of likely N-dealkylation sites (tertiary alicyclic amines) is 1. The van der Waals surface area contributed by atoms with Crippen LogP contribution in [0.2, 0.25) is 0 Å². The van der Waals surface area contributed by atoms with Crippen LogP contribution in [0.5, 0.6) is 0 Å². The predicted molar refractivity (Wildman–Crippen MR) is 130 cm³/mol. The number of hydrogen-bond donors (Lipinski definition) is 1. The molecule has 1 aromatic heterocycles. The van der Waals surface area contributed by atoms with Crippen molar-refractivity contribution in [2.45, 2.75) is 19.4 Å². The Hall–Kier alpha value is -3.57. The third-order valence-corrected chi connectivity index (χ3v) is 6.41. The number of fused-ring (bicyclic) bond motifs is 1. The highest BCUT2D eigenvalue weighted by atomic mass is 19.1. The van der Waals surface area contributed by atoms with Crippen molar-refractivity contribution in [3.63, 3.8) is 0 Å². The van der Waals surface area contributed by atoms with Crippen LogP contribution in [0.15, 0.2) is 85.2 Å². The fourth-order valence-corrected chi connectivity index (χ4v) is 4.61. The fraction of sp³-hybridized carbons (Fsp3) is 0.214. The molecule has 3 aromatic carbocycles. The number of anilines is 1. The lowest BCUT2D eigenvalue weighted by Gasteiger charge is -2.31. The van der Waals surface area contributed by atoms with E-state index in [-0.39, 0.29) is 17.6 Å². The molecule has 166 valence electrons. The van der Waals surface area contributed by atoms with Gasteiger partial charge in [-0.1, -0.05) is 42.5 Å². The minimum Gasteiger partial charge on any atom is -0.326 e. The lowest BCUT2D eigenvalue weighted by atomic mass is 9.95. The van der Waals surface area contributed by atoms with Crippen LogP contribution in [-0.4, -0.2) is 28.9 Å². The number of amides is 1. The van der Waals surface area contributed by atoms with Crippen LogP contribution in [-0.2, 0) is 11.3 Å². The van der Waals surface area contributed by atoms with E-state index in [9.17, 15) is 9.18 Å². The normalized spacial score (nSPS) is 14.9. The zero-order chi connectivity index (χ0) is 22.6. The average molecular weight is 440 g/mol. The summed E-state index contributed by atoms with van der Waals surface area (Å²) in [5.41, 5.74) is 3.72. The van der Waals surface area contributed by atoms with Gasteiger partial charge in [0.2, 0.25) is 5.91 Å². The van der Waals surface area contributed by atoms with Gasteiger partial charge in [-0.2, -0.15) is 0 Å². The number of piperidine rings is 1. The average Bonchev–Trinajstić information content (AvgIpc) is 2.85. The van der Waals surface area contributed by atoms with Crippen molar-refractivity contribution in [2.24, 2.45) is 5.92 Å². The van der Waals surface area contributed by atoms with Crippen LogP contribution in [0.25, 0.3) is 21.9 Å². The van der Waals surface area contributed by atoms with Gasteiger partial charge in [-0.15, -0.1) is 0 Å². The molecule has 1 aliphatic heterocycles. The third kappa shape index (κ3) is 4.94. The van der Waals surface area contributed by atoms with Crippen LogP contribution >= 0.6 is 0 Å². The topological polar surface area (TPSA) is 45.2 Å². The van der Waals surface area contributed by atoms with Crippen LogP contribution in [0.3, 0.4) is 0 Å². The Labute approximate surface area is 193 Å². The van der Waals surface area contributed by atoms with Gasteiger partial charge in [-0.05, 0) is 78.3 Å². The largest absolute Gasteiger partial charge is 0.326 e. The Morgan fingerprint density at radius 2 is 1.73 bits per heavy atom. The highest BCUT2D eigenvalue weighted by Crippen LogP contribution is 2.26. The highest BCUT2D eigenvalue weighted by Gasteiger charge is 2.25. The summed E-state index contributed by atoms with van der Waals surface area (Å²) in [6.45, 7) is 2.66. The maximum atomic E-state index is 13.6. The monoisotopic (exact) mass is 439 g/mol. The summed E-state index contributed by atoms with van der Waals surface area (Å²) in [4.78, 5) is 19.5. The second kappa shape index (κ2) is 9.51. The lowest BCUT2D eigenvalue weighted by molar-refractivity contribution is -0.121. The Balaban J connectivity index is 1.19. The first kappa shape index (κ1) is 21.3. The van der Waals surface area contributed by atoms with E-state index in [0.717, 1.165) is 54.7 Å². The van der Waals surface area contributed by atoms with Gasteiger partial charge >= 0.3 is 0 Å². The molecule has 4 aromatic rings. The Morgan fingerprint density at radius 3 is 2.55 bits per heavy atom. The number of carbonyl (C=O) groups is 1. The number of carbonyl (C=O) groups excluding carboxylic acids is 1. The first-order valence-electron chi connectivity index (χ1n) is 11.4. The quantitative estimate of drug-likeness (QED) is 0.422. The van der Waals surface area contributed by atoms with Crippen molar-refractivity contribution in [1.29, 1.82) is 0 Å². The van der Waals surface area contributed by atoms with Gasteiger partial charge in [-0.25, -0.2) is 4.39 Å². The van der Waals surface area contributed by atoms with E-state index in [1.165, 1.54) is 23.1 Å². The number of nitrogens with zero attached hydrogens (tertiary/aromatic N) is 2. The Bertz CT molecular complexity index is 1280. The van der Waals surface area contributed by atoms with E-state index in [1.54, 1.807) is 6.07 Å². The summed E-state index contributed by atoms with van der Waals surface area (Å²) in [5.74, 6) is -0.216. The van der Waals surface area contributed by atoms with E-state index in [0.29, 0.717) is 0 Å². The van der Waals surface area contributed by atoms with Crippen LogP contribution in [0.4, 0.5) is 10.1 Å². The summed E-state index contributed by atoms with van der Waals surface area (Å²) < 4.78 is 13.6. The molecule has 33 heavy (non-hydrogen) atoms. The molecule has 4 nitrogen and oxygen atoms in total. The summed E-state index contributed by atoms with van der Waals surface area (Å²) in [7, 11) is 0. The van der Waals surface area contributed by atoms with Crippen molar-refractivity contribution in [2.75, 3.05) is 18.4 Å². The molecule has 0 unspecified atom stereocenters. The standard InChI is InChI=1S/C28H26FN3O/c29-25-8-2-4-21(16-25)22-5-3-9-26(17-22)31-28(33)20-11-14-32(15-12-20)19-24-7-1-6-23-18-30-13-10-27(23)24/h1-10,13,16-18,20H,11-12,14-15,19H2,(H,31,33). The first-order valence-corrected chi connectivity index (χ1v) is 11.4. The number of hydrogen-bond acceptors (Lipinski definition) is 3. The summed E-state index contributed by atoms with van der Waals surface area (Å²) in [6.07, 6.45) is 5.41. The molecule has 0 saturated carbocycles. The molecule has 0 spiro atoms. The van der Waals surface area contributed by atoms with Gasteiger partial charge in [0.05, 0.1) is 0 Å². The summed E-state index contributed by atoms with van der Waals surface area (Å²) >= 11 is 0.